The van der Waals surface area contributed by atoms with E-state index in [2.05, 4.69) is 0 Å². The van der Waals surface area contributed by atoms with E-state index in [-0.39, 0.29) is 17.4 Å². The predicted octanol–water partition coefficient (Wildman–Crippen LogP) is 3.67. The molecule has 0 aromatic heterocycles. The molecule has 2 heterocycles. The molecule has 0 bridgehead atoms. The standard InChI is InChI=1S/C26H30N2O5/c1-16-14-19(32-4)11-12-21(16)24(29)22-23(17-7-9-18(10-8-17)27(2)3)28(26(31)25(22)30)15-20-6-5-13-33-20/h7-12,14,20,23,29H,5-6,13,15H2,1-4H3/b24-22-. The number of methoxy groups -OCH3 is 1. The zero-order valence-corrected chi connectivity index (χ0v) is 19.5. The maximum atomic E-state index is 13.2. The average Bonchev–Trinajstić information content (AvgIpc) is 3.41. The number of carbonyl (C=O) groups is 2. The van der Waals surface area contributed by atoms with Crippen LogP contribution in [0.25, 0.3) is 5.76 Å². The van der Waals surface area contributed by atoms with Crippen molar-refractivity contribution in [3.63, 3.8) is 0 Å². The molecule has 174 valence electrons. The Hall–Kier alpha value is -3.32. The Balaban J connectivity index is 1.83. The summed E-state index contributed by atoms with van der Waals surface area (Å²) in [4.78, 5) is 29.9. The maximum absolute atomic E-state index is 13.2. The third-order valence-electron chi connectivity index (χ3n) is 6.38. The summed E-state index contributed by atoms with van der Waals surface area (Å²) in [5, 5.41) is 11.3. The van der Waals surface area contributed by atoms with E-state index in [1.54, 1.807) is 30.2 Å². The molecule has 1 amide bonds. The lowest BCUT2D eigenvalue weighted by Crippen LogP contribution is -2.36. The normalized spacial score (nSPS) is 22.1. The molecule has 0 aliphatic carbocycles. The summed E-state index contributed by atoms with van der Waals surface area (Å²) in [6, 6.07) is 12.2. The van der Waals surface area contributed by atoms with Crippen LogP contribution in [0.1, 0.15) is 35.6 Å². The Morgan fingerprint density at radius 3 is 2.48 bits per heavy atom. The molecule has 1 N–H and O–H groups in total. The number of Topliss-reactive ketones (excluding diaryl/α,β-unsaturated/α-hetero) is 1. The molecule has 0 radical (unpaired) electrons. The maximum Gasteiger partial charge on any atom is 0.295 e. The van der Waals surface area contributed by atoms with Crippen LogP contribution in [0, 0.1) is 6.92 Å². The van der Waals surface area contributed by atoms with Crippen LogP contribution in [0.2, 0.25) is 0 Å². The largest absolute Gasteiger partial charge is 0.507 e. The fraction of sp³-hybridized carbons (Fsp3) is 0.385. The summed E-state index contributed by atoms with van der Waals surface area (Å²) in [7, 11) is 5.47. The Kier molecular flexibility index (Phi) is 6.42. The number of aliphatic hydroxyl groups is 1. The summed E-state index contributed by atoms with van der Waals surface area (Å²) >= 11 is 0. The fourth-order valence-corrected chi connectivity index (χ4v) is 4.55. The van der Waals surface area contributed by atoms with E-state index in [1.165, 1.54) is 0 Å². The van der Waals surface area contributed by atoms with Gasteiger partial charge in [-0.2, -0.15) is 0 Å². The molecular formula is C26H30N2O5. The van der Waals surface area contributed by atoms with Gasteiger partial charge in [-0.15, -0.1) is 0 Å². The number of nitrogens with zero attached hydrogens (tertiary/aromatic N) is 2. The van der Waals surface area contributed by atoms with E-state index in [0.717, 1.165) is 29.7 Å². The number of hydrogen-bond acceptors (Lipinski definition) is 6. The van der Waals surface area contributed by atoms with Crippen LogP contribution in [0.15, 0.2) is 48.0 Å². The van der Waals surface area contributed by atoms with Crippen LogP contribution in [-0.4, -0.2) is 62.2 Å². The monoisotopic (exact) mass is 450 g/mol. The van der Waals surface area contributed by atoms with Gasteiger partial charge in [0, 0.05) is 38.5 Å². The highest BCUT2D eigenvalue weighted by Crippen LogP contribution is 2.41. The Labute approximate surface area is 194 Å². The molecule has 2 saturated heterocycles. The van der Waals surface area contributed by atoms with Crippen molar-refractivity contribution in [2.45, 2.75) is 31.9 Å². The van der Waals surface area contributed by atoms with Gasteiger partial charge in [0.1, 0.15) is 11.5 Å². The molecule has 0 spiro atoms. The number of ketones is 1. The van der Waals surface area contributed by atoms with Gasteiger partial charge in [-0.25, -0.2) is 0 Å². The third-order valence-corrected chi connectivity index (χ3v) is 6.38. The van der Waals surface area contributed by atoms with Crippen molar-refractivity contribution in [2.75, 3.05) is 39.3 Å². The highest BCUT2D eigenvalue weighted by Gasteiger charge is 2.47. The highest BCUT2D eigenvalue weighted by atomic mass is 16.5. The minimum Gasteiger partial charge on any atom is -0.507 e. The zero-order valence-electron chi connectivity index (χ0n) is 19.5. The first-order chi connectivity index (χ1) is 15.8. The Morgan fingerprint density at radius 2 is 1.91 bits per heavy atom. The van der Waals surface area contributed by atoms with Crippen LogP contribution in [0.5, 0.6) is 5.75 Å². The van der Waals surface area contributed by atoms with E-state index < -0.39 is 17.7 Å². The second-order valence-corrected chi connectivity index (χ2v) is 8.75. The fourth-order valence-electron chi connectivity index (χ4n) is 4.55. The van der Waals surface area contributed by atoms with E-state index in [4.69, 9.17) is 9.47 Å². The molecule has 2 aromatic rings. The summed E-state index contributed by atoms with van der Waals surface area (Å²) in [6.07, 6.45) is 1.66. The van der Waals surface area contributed by atoms with Crippen molar-refractivity contribution in [3.8, 4) is 5.75 Å². The first-order valence-electron chi connectivity index (χ1n) is 11.1. The van der Waals surface area contributed by atoms with Crippen molar-refractivity contribution in [2.24, 2.45) is 0 Å². The quantitative estimate of drug-likeness (QED) is 0.411. The lowest BCUT2D eigenvalue weighted by atomic mass is 9.93. The summed E-state index contributed by atoms with van der Waals surface area (Å²) in [5.41, 5.74) is 3.12. The minimum absolute atomic E-state index is 0.101. The van der Waals surface area contributed by atoms with E-state index in [9.17, 15) is 14.7 Å². The van der Waals surface area contributed by atoms with Gasteiger partial charge in [-0.1, -0.05) is 12.1 Å². The Morgan fingerprint density at radius 1 is 1.18 bits per heavy atom. The lowest BCUT2D eigenvalue weighted by Gasteiger charge is -2.28. The van der Waals surface area contributed by atoms with Gasteiger partial charge in [0.2, 0.25) is 0 Å². The van der Waals surface area contributed by atoms with Crippen molar-refractivity contribution < 1.29 is 24.2 Å². The van der Waals surface area contributed by atoms with Crippen LogP contribution in [0.3, 0.4) is 0 Å². The number of anilines is 1. The van der Waals surface area contributed by atoms with Gasteiger partial charge in [-0.3, -0.25) is 9.59 Å². The van der Waals surface area contributed by atoms with Crippen LogP contribution in [-0.2, 0) is 14.3 Å². The zero-order chi connectivity index (χ0) is 23.7. The molecule has 0 saturated carbocycles. The van der Waals surface area contributed by atoms with Gasteiger partial charge < -0.3 is 24.4 Å². The number of carbonyl (C=O) groups excluding carboxylic acids is 2. The van der Waals surface area contributed by atoms with Crippen molar-refractivity contribution in [1.82, 2.24) is 4.90 Å². The molecule has 2 aliphatic rings. The summed E-state index contributed by atoms with van der Waals surface area (Å²) < 4.78 is 11.0. The summed E-state index contributed by atoms with van der Waals surface area (Å²) in [5.74, 6) is -0.814. The molecule has 2 aliphatic heterocycles. The third kappa shape index (κ3) is 4.33. The highest BCUT2D eigenvalue weighted by molar-refractivity contribution is 6.46. The second kappa shape index (κ2) is 9.27. The van der Waals surface area contributed by atoms with Crippen molar-refractivity contribution in [1.29, 1.82) is 0 Å². The average molecular weight is 451 g/mol. The number of hydrogen-bond donors (Lipinski definition) is 1. The van der Waals surface area contributed by atoms with E-state index >= 15 is 0 Å². The number of rotatable bonds is 6. The molecule has 7 nitrogen and oxygen atoms in total. The number of aliphatic hydroxyl groups excluding tert-OH is 1. The SMILES string of the molecule is COc1ccc(/C(O)=C2/C(=O)C(=O)N(CC3CCCO3)C2c2ccc(N(C)C)cc2)c(C)c1. The molecule has 2 aromatic carbocycles. The van der Waals surface area contributed by atoms with Gasteiger partial charge in [0.05, 0.1) is 24.8 Å². The lowest BCUT2D eigenvalue weighted by molar-refractivity contribution is -0.140. The molecule has 2 unspecified atom stereocenters. The predicted molar refractivity (Wildman–Crippen MR) is 126 cm³/mol. The van der Waals surface area contributed by atoms with Gasteiger partial charge in [-0.05, 0) is 61.2 Å². The number of likely N-dealkylation sites (tertiary alicyclic amines) is 1. The molecule has 2 fully saturated rings. The Bertz CT molecular complexity index is 1080. The topological polar surface area (TPSA) is 79.3 Å². The smallest absolute Gasteiger partial charge is 0.295 e. The van der Waals surface area contributed by atoms with Crippen molar-refractivity contribution in [3.05, 3.63) is 64.7 Å². The van der Waals surface area contributed by atoms with Gasteiger partial charge >= 0.3 is 0 Å². The molecular weight excluding hydrogens is 420 g/mol. The van der Waals surface area contributed by atoms with E-state index in [1.807, 2.05) is 50.2 Å². The molecule has 7 heteroatoms. The van der Waals surface area contributed by atoms with Crippen LogP contribution in [0.4, 0.5) is 5.69 Å². The summed E-state index contributed by atoms with van der Waals surface area (Å²) in [6.45, 7) is 2.80. The van der Waals surface area contributed by atoms with Gasteiger partial charge in [0.15, 0.2) is 0 Å². The second-order valence-electron chi connectivity index (χ2n) is 8.75. The molecule has 4 rings (SSSR count). The minimum atomic E-state index is -0.688. The number of benzene rings is 2. The first kappa shape index (κ1) is 22.9. The number of amides is 1. The van der Waals surface area contributed by atoms with Crippen LogP contribution < -0.4 is 9.64 Å². The van der Waals surface area contributed by atoms with Crippen molar-refractivity contribution >= 4 is 23.1 Å². The number of aryl methyl sites for hydroxylation is 1. The van der Waals surface area contributed by atoms with E-state index in [0.29, 0.717) is 24.5 Å². The van der Waals surface area contributed by atoms with Crippen LogP contribution >= 0.6 is 0 Å². The molecule has 33 heavy (non-hydrogen) atoms. The van der Waals surface area contributed by atoms with Gasteiger partial charge in [0.25, 0.3) is 11.7 Å². The number of ether oxygens (including phenoxy) is 2. The first-order valence-corrected chi connectivity index (χ1v) is 11.1. The molecule has 2 atom stereocenters.